The van der Waals surface area contributed by atoms with Crippen LogP contribution in [0.5, 0.6) is 0 Å². The number of nitrogens with zero attached hydrogens (tertiary/aromatic N) is 4. The summed E-state index contributed by atoms with van der Waals surface area (Å²) in [5, 5.41) is 0. The van der Waals surface area contributed by atoms with Crippen LogP contribution in [0.2, 0.25) is 0 Å². The predicted molar refractivity (Wildman–Crippen MR) is 93.6 cm³/mol. The molecular formula is C19H20N4O2. The highest BCUT2D eigenvalue weighted by Gasteiger charge is 2.30. The SMILES string of the molecule is Cn1cccc1[C@@H]1COCCN1C(=O)c1ccc(-n2ccnc2)cc1. The lowest BCUT2D eigenvalue weighted by Crippen LogP contribution is -2.44. The van der Waals surface area contributed by atoms with Gasteiger partial charge in [-0.25, -0.2) is 4.98 Å². The molecule has 1 amide bonds. The minimum atomic E-state index is -0.0606. The Labute approximate surface area is 146 Å². The molecule has 1 aliphatic heterocycles. The first kappa shape index (κ1) is 15.7. The number of carbonyl (C=O) groups is 1. The topological polar surface area (TPSA) is 52.3 Å². The number of carbonyl (C=O) groups excluding carboxylic acids is 1. The van der Waals surface area contributed by atoms with Crippen molar-refractivity contribution in [2.75, 3.05) is 19.8 Å². The highest BCUT2D eigenvalue weighted by Crippen LogP contribution is 2.26. The van der Waals surface area contributed by atoms with Crippen LogP contribution >= 0.6 is 0 Å². The van der Waals surface area contributed by atoms with Gasteiger partial charge in [-0.15, -0.1) is 0 Å². The van der Waals surface area contributed by atoms with Crippen molar-refractivity contribution < 1.29 is 9.53 Å². The molecule has 0 N–H and O–H groups in total. The second-order valence-electron chi connectivity index (χ2n) is 6.15. The predicted octanol–water partition coefficient (Wildman–Crippen LogP) is 2.42. The lowest BCUT2D eigenvalue weighted by atomic mass is 10.1. The monoisotopic (exact) mass is 336 g/mol. The highest BCUT2D eigenvalue weighted by molar-refractivity contribution is 5.94. The van der Waals surface area contributed by atoms with Crippen molar-refractivity contribution in [1.29, 1.82) is 0 Å². The lowest BCUT2D eigenvalue weighted by molar-refractivity contribution is -0.00463. The molecule has 0 radical (unpaired) electrons. The summed E-state index contributed by atoms with van der Waals surface area (Å²) in [6, 6.07) is 11.6. The minimum absolute atomic E-state index is 0.0340. The van der Waals surface area contributed by atoms with Crippen LogP contribution in [0.4, 0.5) is 0 Å². The van der Waals surface area contributed by atoms with Gasteiger partial charge in [0, 0.05) is 49.1 Å². The first-order valence-corrected chi connectivity index (χ1v) is 8.32. The van der Waals surface area contributed by atoms with Crippen molar-refractivity contribution in [1.82, 2.24) is 19.0 Å². The largest absolute Gasteiger partial charge is 0.377 e. The molecule has 25 heavy (non-hydrogen) atoms. The summed E-state index contributed by atoms with van der Waals surface area (Å²) in [7, 11) is 1.99. The third-order valence-electron chi connectivity index (χ3n) is 4.63. The van der Waals surface area contributed by atoms with E-state index >= 15 is 0 Å². The van der Waals surface area contributed by atoms with Crippen molar-refractivity contribution in [2.24, 2.45) is 7.05 Å². The van der Waals surface area contributed by atoms with E-state index in [2.05, 4.69) is 4.98 Å². The maximum atomic E-state index is 13.1. The van der Waals surface area contributed by atoms with Crippen molar-refractivity contribution in [3.05, 3.63) is 72.6 Å². The molecule has 128 valence electrons. The molecule has 1 aromatic carbocycles. The van der Waals surface area contributed by atoms with Gasteiger partial charge in [-0.3, -0.25) is 4.79 Å². The number of benzene rings is 1. The quantitative estimate of drug-likeness (QED) is 0.738. The molecule has 1 saturated heterocycles. The molecule has 6 heteroatoms. The molecule has 0 saturated carbocycles. The third kappa shape index (κ3) is 2.96. The smallest absolute Gasteiger partial charge is 0.254 e. The summed E-state index contributed by atoms with van der Waals surface area (Å²) < 4.78 is 9.58. The van der Waals surface area contributed by atoms with Crippen LogP contribution in [0, 0.1) is 0 Å². The fraction of sp³-hybridized carbons (Fsp3) is 0.263. The second-order valence-corrected chi connectivity index (χ2v) is 6.15. The number of amides is 1. The Bertz CT molecular complexity index is 852. The number of hydrogen-bond donors (Lipinski definition) is 0. The van der Waals surface area contributed by atoms with E-state index in [0.717, 1.165) is 11.4 Å². The maximum absolute atomic E-state index is 13.1. The van der Waals surface area contributed by atoms with E-state index in [0.29, 0.717) is 25.3 Å². The van der Waals surface area contributed by atoms with E-state index in [4.69, 9.17) is 4.74 Å². The Balaban J connectivity index is 1.59. The zero-order valence-corrected chi connectivity index (χ0v) is 14.1. The summed E-state index contributed by atoms with van der Waals surface area (Å²) in [4.78, 5) is 19.0. The van der Waals surface area contributed by atoms with Crippen LogP contribution in [0.15, 0.2) is 61.3 Å². The average Bonchev–Trinajstić information content (AvgIpc) is 3.33. The van der Waals surface area contributed by atoms with Crippen LogP contribution in [-0.4, -0.2) is 44.7 Å². The van der Waals surface area contributed by atoms with E-state index < -0.39 is 0 Å². The summed E-state index contributed by atoms with van der Waals surface area (Å²) in [6.07, 6.45) is 7.35. The molecule has 1 aliphatic rings. The number of ether oxygens (including phenoxy) is 1. The van der Waals surface area contributed by atoms with Crippen molar-refractivity contribution in [2.45, 2.75) is 6.04 Å². The fourth-order valence-corrected chi connectivity index (χ4v) is 3.27. The van der Waals surface area contributed by atoms with Gasteiger partial charge in [0.1, 0.15) is 0 Å². The number of imidazole rings is 1. The normalized spacial score (nSPS) is 17.6. The molecule has 1 atom stereocenters. The first-order valence-electron chi connectivity index (χ1n) is 8.32. The number of aromatic nitrogens is 3. The Morgan fingerprint density at radius 2 is 2.04 bits per heavy atom. The molecule has 2 aromatic heterocycles. The molecule has 1 fully saturated rings. The van der Waals surface area contributed by atoms with Gasteiger partial charge in [-0.05, 0) is 36.4 Å². The maximum Gasteiger partial charge on any atom is 0.254 e. The first-order chi connectivity index (χ1) is 12.2. The zero-order chi connectivity index (χ0) is 17.2. The van der Waals surface area contributed by atoms with Crippen LogP contribution < -0.4 is 0 Å². The summed E-state index contributed by atoms with van der Waals surface area (Å²) in [5.41, 5.74) is 2.75. The van der Waals surface area contributed by atoms with Crippen molar-refractivity contribution in [3.63, 3.8) is 0 Å². The Hall–Kier alpha value is -2.86. The van der Waals surface area contributed by atoms with Gasteiger partial charge in [0.05, 0.1) is 25.6 Å². The standard InChI is InChI=1S/C19H20N4O2/c1-21-9-2-3-17(21)18-13-25-12-11-23(18)19(24)15-4-6-16(7-5-15)22-10-8-20-14-22/h2-10,14,18H,11-13H2,1H3/t18-/m0/s1. The van der Waals surface area contributed by atoms with Crippen LogP contribution in [-0.2, 0) is 11.8 Å². The molecule has 3 aromatic rings. The third-order valence-corrected chi connectivity index (χ3v) is 4.63. The number of hydrogen-bond acceptors (Lipinski definition) is 3. The summed E-state index contributed by atoms with van der Waals surface area (Å²) in [5.74, 6) is 0.0340. The van der Waals surface area contributed by atoms with Crippen molar-refractivity contribution in [3.8, 4) is 5.69 Å². The highest BCUT2D eigenvalue weighted by atomic mass is 16.5. The Morgan fingerprint density at radius 3 is 2.72 bits per heavy atom. The van der Waals surface area contributed by atoms with Gasteiger partial charge in [0.2, 0.25) is 0 Å². The fourth-order valence-electron chi connectivity index (χ4n) is 3.27. The summed E-state index contributed by atoms with van der Waals surface area (Å²) in [6.45, 7) is 1.69. The minimum Gasteiger partial charge on any atom is -0.377 e. The zero-order valence-electron chi connectivity index (χ0n) is 14.1. The Morgan fingerprint density at radius 1 is 1.20 bits per heavy atom. The molecule has 0 bridgehead atoms. The van der Waals surface area contributed by atoms with Crippen LogP contribution in [0.1, 0.15) is 22.1 Å². The van der Waals surface area contributed by atoms with E-state index in [1.54, 1.807) is 12.5 Å². The van der Waals surface area contributed by atoms with Gasteiger partial charge >= 0.3 is 0 Å². The molecule has 0 spiro atoms. The van der Waals surface area contributed by atoms with E-state index in [1.807, 2.05) is 69.9 Å². The molecule has 0 aliphatic carbocycles. The molecular weight excluding hydrogens is 316 g/mol. The van der Waals surface area contributed by atoms with E-state index in [-0.39, 0.29) is 11.9 Å². The molecule has 0 unspecified atom stereocenters. The van der Waals surface area contributed by atoms with Crippen LogP contribution in [0.25, 0.3) is 5.69 Å². The second kappa shape index (κ2) is 6.57. The van der Waals surface area contributed by atoms with E-state index in [1.165, 1.54) is 0 Å². The van der Waals surface area contributed by atoms with Gasteiger partial charge in [-0.1, -0.05) is 0 Å². The lowest BCUT2D eigenvalue weighted by Gasteiger charge is -2.36. The van der Waals surface area contributed by atoms with E-state index in [9.17, 15) is 4.79 Å². The van der Waals surface area contributed by atoms with Gasteiger partial charge in [-0.2, -0.15) is 0 Å². The average molecular weight is 336 g/mol. The van der Waals surface area contributed by atoms with Gasteiger partial charge in [0.25, 0.3) is 5.91 Å². The van der Waals surface area contributed by atoms with Gasteiger partial charge < -0.3 is 18.8 Å². The number of morpholine rings is 1. The molecule has 6 nitrogen and oxygen atoms in total. The van der Waals surface area contributed by atoms with Crippen LogP contribution in [0.3, 0.4) is 0 Å². The number of aryl methyl sites for hydroxylation is 1. The molecule has 4 rings (SSSR count). The van der Waals surface area contributed by atoms with Gasteiger partial charge in [0.15, 0.2) is 0 Å². The summed E-state index contributed by atoms with van der Waals surface area (Å²) >= 11 is 0. The Kier molecular flexibility index (Phi) is 4.11. The number of rotatable bonds is 3. The molecule has 3 heterocycles. The van der Waals surface area contributed by atoms with Crippen molar-refractivity contribution >= 4 is 5.91 Å².